The van der Waals surface area contributed by atoms with Gasteiger partial charge in [-0.05, 0) is 56.3 Å². The first-order valence-corrected chi connectivity index (χ1v) is 9.92. The molecular weight excluding hydrogens is 300 g/mol. The van der Waals surface area contributed by atoms with E-state index in [1.54, 1.807) is 7.11 Å². The summed E-state index contributed by atoms with van der Waals surface area (Å²) >= 11 is 0. The average Bonchev–Trinajstić information content (AvgIpc) is 3.44. The molecule has 0 amide bonds. The zero-order valence-corrected chi connectivity index (χ0v) is 15.6. The van der Waals surface area contributed by atoms with Crippen molar-refractivity contribution in [2.75, 3.05) is 46.9 Å². The lowest BCUT2D eigenvalue weighted by Crippen LogP contribution is -2.48. The molecule has 24 heavy (non-hydrogen) atoms. The van der Waals surface area contributed by atoms with E-state index in [-0.39, 0.29) is 0 Å². The van der Waals surface area contributed by atoms with Crippen LogP contribution in [0, 0.1) is 11.3 Å². The molecule has 0 bridgehead atoms. The lowest BCUT2D eigenvalue weighted by Gasteiger charge is -2.42. The molecule has 138 valence electrons. The molecule has 3 fully saturated rings. The highest BCUT2D eigenvalue weighted by Gasteiger charge is 2.36. The Labute approximate surface area is 147 Å². The van der Waals surface area contributed by atoms with E-state index in [4.69, 9.17) is 4.74 Å². The predicted molar refractivity (Wildman–Crippen MR) is 99.5 cm³/mol. The van der Waals surface area contributed by atoms with E-state index >= 15 is 0 Å². The minimum atomic E-state index is 0.430. The first kappa shape index (κ1) is 18.0. The second-order valence-corrected chi connectivity index (χ2v) is 8.12. The van der Waals surface area contributed by atoms with Crippen molar-refractivity contribution in [1.29, 1.82) is 0 Å². The molecule has 0 spiro atoms. The van der Waals surface area contributed by atoms with Crippen LogP contribution in [-0.2, 0) is 4.74 Å². The Morgan fingerprint density at radius 3 is 2.54 bits per heavy atom. The Kier molecular flexibility index (Phi) is 6.39. The number of methoxy groups -OCH3 is 1. The topological polar surface area (TPSA) is 48.9 Å². The first-order chi connectivity index (χ1) is 11.7. The van der Waals surface area contributed by atoms with Crippen LogP contribution in [0.5, 0.6) is 0 Å². The number of ether oxygens (including phenoxy) is 1. The zero-order chi connectivity index (χ0) is 16.8. The number of aliphatic imine (C=N–C) groups is 1. The molecule has 0 aliphatic heterocycles. The molecule has 0 aromatic rings. The van der Waals surface area contributed by atoms with Gasteiger partial charge in [0.05, 0.1) is 0 Å². The summed E-state index contributed by atoms with van der Waals surface area (Å²) in [5.41, 5.74) is 0.430. The summed E-state index contributed by atoms with van der Waals surface area (Å²) in [7, 11) is 3.67. The molecule has 5 heteroatoms. The van der Waals surface area contributed by atoms with E-state index in [1.807, 2.05) is 7.05 Å². The maximum atomic E-state index is 5.28. The van der Waals surface area contributed by atoms with Gasteiger partial charge in [-0.25, -0.2) is 0 Å². The normalized spacial score (nSPS) is 23.2. The molecule has 0 aromatic heterocycles. The number of hydrogen-bond donors (Lipinski definition) is 2. The van der Waals surface area contributed by atoms with E-state index in [0.717, 1.165) is 50.6 Å². The first-order valence-electron chi connectivity index (χ1n) is 9.92. The van der Waals surface area contributed by atoms with Gasteiger partial charge in [-0.1, -0.05) is 6.42 Å². The predicted octanol–water partition coefficient (Wildman–Crippen LogP) is 2.23. The van der Waals surface area contributed by atoms with Crippen LogP contribution in [0.3, 0.4) is 0 Å². The van der Waals surface area contributed by atoms with Crippen molar-refractivity contribution < 1.29 is 4.74 Å². The highest BCUT2D eigenvalue weighted by Crippen LogP contribution is 2.43. The SMILES string of the molecule is CN=C(NCCN(CC1CC1)C1CC1)NCC1(CCOC)CCC1. The van der Waals surface area contributed by atoms with Crippen molar-refractivity contribution in [3.05, 3.63) is 0 Å². The molecule has 2 N–H and O–H groups in total. The van der Waals surface area contributed by atoms with Gasteiger partial charge in [0.2, 0.25) is 0 Å². The molecule has 5 nitrogen and oxygen atoms in total. The zero-order valence-electron chi connectivity index (χ0n) is 15.6. The molecule has 3 saturated carbocycles. The van der Waals surface area contributed by atoms with Crippen molar-refractivity contribution in [3.63, 3.8) is 0 Å². The minimum Gasteiger partial charge on any atom is -0.385 e. The minimum absolute atomic E-state index is 0.430. The number of hydrogen-bond acceptors (Lipinski definition) is 3. The van der Waals surface area contributed by atoms with Crippen LogP contribution in [0.25, 0.3) is 0 Å². The maximum Gasteiger partial charge on any atom is 0.191 e. The van der Waals surface area contributed by atoms with Crippen LogP contribution in [-0.4, -0.2) is 63.8 Å². The molecule has 3 rings (SSSR count). The van der Waals surface area contributed by atoms with E-state index < -0.39 is 0 Å². The van der Waals surface area contributed by atoms with Crippen molar-refractivity contribution in [3.8, 4) is 0 Å². The molecular formula is C19H36N4O. The molecule has 0 atom stereocenters. The molecule has 0 unspecified atom stereocenters. The van der Waals surface area contributed by atoms with Gasteiger partial charge in [0.25, 0.3) is 0 Å². The third-order valence-corrected chi connectivity index (χ3v) is 6.05. The van der Waals surface area contributed by atoms with Gasteiger partial charge in [0.1, 0.15) is 0 Å². The quantitative estimate of drug-likeness (QED) is 0.449. The fraction of sp³-hybridized carbons (Fsp3) is 0.947. The summed E-state index contributed by atoms with van der Waals surface area (Å²) in [5.74, 6) is 1.95. The van der Waals surface area contributed by atoms with Crippen LogP contribution in [0.4, 0.5) is 0 Å². The summed E-state index contributed by atoms with van der Waals surface area (Å²) in [6, 6.07) is 0.870. The maximum absolute atomic E-state index is 5.28. The third-order valence-electron chi connectivity index (χ3n) is 6.05. The number of nitrogens with one attached hydrogen (secondary N) is 2. The van der Waals surface area contributed by atoms with E-state index in [9.17, 15) is 0 Å². The fourth-order valence-electron chi connectivity index (χ4n) is 3.81. The van der Waals surface area contributed by atoms with Gasteiger partial charge in [-0.2, -0.15) is 0 Å². The summed E-state index contributed by atoms with van der Waals surface area (Å²) in [5, 5.41) is 7.08. The second kappa shape index (κ2) is 8.52. The molecule has 0 aromatic carbocycles. The lowest BCUT2D eigenvalue weighted by molar-refractivity contribution is 0.0732. The molecule has 3 aliphatic rings. The highest BCUT2D eigenvalue weighted by atomic mass is 16.5. The van der Waals surface area contributed by atoms with E-state index in [1.165, 1.54) is 51.5 Å². The van der Waals surface area contributed by atoms with Crippen LogP contribution < -0.4 is 10.6 Å². The van der Waals surface area contributed by atoms with Gasteiger partial charge in [0.15, 0.2) is 5.96 Å². The summed E-state index contributed by atoms with van der Waals surface area (Å²) in [4.78, 5) is 7.10. The highest BCUT2D eigenvalue weighted by molar-refractivity contribution is 5.79. The largest absolute Gasteiger partial charge is 0.385 e. The van der Waals surface area contributed by atoms with Crippen molar-refractivity contribution in [1.82, 2.24) is 15.5 Å². The number of guanidine groups is 1. The Morgan fingerprint density at radius 1 is 1.21 bits per heavy atom. The standard InChI is InChI=1S/C19H36N4O/c1-20-18(22-15-19(8-3-9-19)10-13-24-2)21-11-12-23(17-6-7-17)14-16-4-5-16/h16-17H,3-15H2,1-2H3,(H2,20,21,22). The number of nitrogens with zero attached hydrogens (tertiary/aromatic N) is 2. The molecule has 0 heterocycles. The van der Waals surface area contributed by atoms with Gasteiger partial charge in [-0.3, -0.25) is 9.89 Å². The van der Waals surface area contributed by atoms with Crippen molar-refractivity contribution >= 4 is 5.96 Å². The van der Waals surface area contributed by atoms with Gasteiger partial charge in [0, 0.05) is 53.0 Å². The average molecular weight is 337 g/mol. The third kappa shape index (κ3) is 5.35. The van der Waals surface area contributed by atoms with Gasteiger partial charge >= 0.3 is 0 Å². The van der Waals surface area contributed by atoms with Crippen molar-refractivity contribution in [2.24, 2.45) is 16.3 Å². The van der Waals surface area contributed by atoms with Crippen LogP contribution >= 0.6 is 0 Å². The van der Waals surface area contributed by atoms with Gasteiger partial charge in [-0.15, -0.1) is 0 Å². The molecule has 3 aliphatic carbocycles. The van der Waals surface area contributed by atoms with E-state index in [0.29, 0.717) is 5.41 Å². The van der Waals surface area contributed by atoms with Crippen LogP contribution in [0.2, 0.25) is 0 Å². The van der Waals surface area contributed by atoms with Gasteiger partial charge < -0.3 is 15.4 Å². The van der Waals surface area contributed by atoms with E-state index in [2.05, 4.69) is 20.5 Å². The Balaban J connectivity index is 1.35. The Morgan fingerprint density at radius 2 is 2.00 bits per heavy atom. The fourth-order valence-corrected chi connectivity index (χ4v) is 3.81. The Bertz CT molecular complexity index is 414. The summed E-state index contributed by atoms with van der Waals surface area (Å²) in [6.07, 6.45) is 10.9. The smallest absolute Gasteiger partial charge is 0.191 e. The monoisotopic (exact) mass is 336 g/mol. The lowest BCUT2D eigenvalue weighted by atomic mass is 9.67. The summed E-state index contributed by atoms with van der Waals surface area (Å²) < 4.78 is 5.28. The molecule has 0 saturated heterocycles. The summed E-state index contributed by atoms with van der Waals surface area (Å²) in [6.45, 7) is 5.35. The Hall–Kier alpha value is -0.810. The number of rotatable bonds is 11. The molecule has 0 radical (unpaired) electrons. The van der Waals surface area contributed by atoms with Crippen LogP contribution in [0.15, 0.2) is 4.99 Å². The van der Waals surface area contributed by atoms with Crippen molar-refractivity contribution in [2.45, 2.75) is 57.4 Å². The van der Waals surface area contributed by atoms with Crippen LogP contribution in [0.1, 0.15) is 51.4 Å². The second-order valence-electron chi connectivity index (χ2n) is 8.12.